The molecule has 0 spiro atoms. The number of aromatic nitrogens is 3. The number of hydrogen-bond acceptors (Lipinski definition) is 5. The van der Waals surface area contributed by atoms with Crippen molar-refractivity contribution in [2.45, 2.75) is 25.5 Å². The number of hydrogen-bond donors (Lipinski definition) is 0. The molecule has 1 atom stereocenters. The van der Waals surface area contributed by atoms with Crippen molar-refractivity contribution in [3.63, 3.8) is 0 Å². The van der Waals surface area contributed by atoms with Crippen LogP contribution in [0.3, 0.4) is 0 Å². The number of amides is 1. The summed E-state index contributed by atoms with van der Waals surface area (Å²) in [6.45, 7) is 5.83. The van der Waals surface area contributed by atoms with Crippen molar-refractivity contribution in [2.75, 3.05) is 39.3 Å². The predicted molar refractivity (Wildman–Crippen MR) is 132 cm³/mol. The van der Waals surface area contributed by atoms with Gasteiger partial charge in [-0.2, -0.15) is 5.10 Å². The molecule has 34 heavy (non-hydrogen) atoms. The van der Waals surface area contributed by atoms with Gasteiger partial charge in [0.05, 0.1) is 12.6 Å². The summed E-state index contributed by atoms with van der Waals surface area (Å²) < 4.78 is 7.68. The van der Waals surface area contributed by atoms with Gasteiger partial charge in [-0.15, -0.1) is 0 Å². The fourth-order valence-electron chi connectivity index (χ4n) is 4.63. The Bertz CT molecular complexity index is 1100. The molecule has 2 aromatic heterocycles. The van der Waals surface area contributed by atoms with E-state index in [2.05, 4.69) is 22.0 Å². The van der Waals surface area contributed by atoms with E-state index in [0.29, 0.717) is 12.6 Å². The molecule has 2 aliphatic rings. The zero-order chi connectivity index (χ0) is 23.2. The van der Waals surface area contributed by atoms with Crippen LogP contribution in [0.5, 0.6) is 0 Å². The molecule has 0 N–H and O–H groups in total. The molecule has 2 fully saturated rings. The number of carbonyl (C=O) groups excluding carboxylic acids is 1. The Morgan fingerprint density at radius 2 is 1.94 bits per heavy atom. The van der Waals surface area contributed by atoms with E-state index in [4.69, 9.17) is 9.84 Å². The fourth-order valence-corrected chi connectivity index (χ4v) is 4.63. The zero-order valence-electron chi connectivity index (χ0n) is 19.4. The van der Waals surface area contributed by atoms with Crippen LogP contribution in [0.15, 0.2) is 67.1 Å². The lowest BCUT2D eigenvalue weighted by Crippen LogP contribution is -2.50. The summed E-state index contributed by atoms with van der Waals surface area (Å²) in [5, 5.41) is 4.81. The highest BCUT2D eigenvalue weighted by molar-refractivity contribution is 5.92. The predicted octanol–water partition coefficient (Wildman–Crippen LogP) is 3.33. The number of ether oxygens (including phenoxy) is 1. The number of rotatable bonds is 7. The first-order valence-corrected chi connectivity index (χ1v) is 12.1. The fraction of sp³-hybridized carbons (Fsp3) is 0.370. The Balaban J connectivity index is 1.26. The summed E-state index contributed by atoms with van der Waals surface area (Å²) in [6.07, 6.45) is 11.8. The van der Waals surface area contributed by atoms with Gasteiger partial charge in [-0.1, -0.05) is 30.3 Å². The molecular formula is C27H31N5O2. The minimum Gasteiger partial charge on any atom is -0.377 e. The highest BCUT2D eigenvalue weighted by Crippen LogP contribution is 2.23. The van der Waals surface area contributed by atoms with Crippen LogP contribution in [-0.2, 0) is 16.1 Å². The van der Waals surface area contributed by atoms with Gasteiger partial charge in [-0.25, -0.2) is 0 Å². The van der Waals surface area contributed by atoms with Crippen molar-refractivity contribution in [3.8, 4) is 11.3 Å². The van der Waals surface area contributed by atoms with Crippen molar-refractivity contribution in [3.05, 3.63) is 78.3 Å². The summed E-state index contributed by atoms with van der Waals surface area (Å²) >= 11 is 0. The molecule has 7 heteroatoms. The zero-order valence-corrected chi connectivity index (χ0v) is 19.4. The first-order valence-electron chi connectivity index (χ1n) is 12.1. The second-order valence-electron chi connectivity index (χ2n) is 8.95. The third-order valence-electron chi connectivity index (χ3n) is 6.49. The standard InChI is InChI=1S/C27H31N5O2/c33-26(31-15-13-30(14-16-31)21-25-9-5-17-34-25)11-10-24-20-32(19-22-6-2-1-3-7-22)29-27(24)23-8-4-12-28-18-23/h1-4,6-8,10-12,18,20,25H,5,9,13-17,19,21H2/b11-10+. The Labute approximate surface area is 200 Å². The van der Waals surface area contributed by atoms with Gasteiger partial charge in [0.25, 0.3) is 0 Å². The van der Waals surface area contributed by atoms with Gasteiger partial charge < -0.3 is 9.64 Å². The van der Waals surface area contributed by atoms with Gasteiger partial charge in [0, 0.05) is 75.1 Å². The normalized spacial score (nSPS) is 19.2. The van der Waals surface area contributed by atoms with E-state index in [1.807, 2.05) is 58.4 Å². The second kappa shape index (κ2) is 10.8. The van der Waals surface area contributed by atoms with E-state index >= 15 is 0 Å². The second-order valence-corrected chi connectivity index (χ2v) is 8.95. The van der Waals surface area contributed by atoms with E-state index < -0.39 is 0 Å². The SMILES string of the molecule is O=C(/C=C/c1cn(Cc2ccccc2)nc1-c1cccnc1)N1CCN(CC2CCCO2)CC1. The van der Waals surface area contributed by atoms with Crippen LogP contribution in [0.2, 0.25) is 0 Å². The number of pyridine rings is 1. The average Bonchev–Trinajstić information content (AvgIpc) is 3.54. The van der Waals surface area contributed by atoms with Crippen LogP contribution < -0.4 is 0 Å². The topological polar surface area (TPSA) is 63.5 Å². The first kappa shape index (κ1) is 22.5. The van der Waals surface area contributed by atoms with Gasteiger partial charge in [-0.3, -0.25) is 19.4 Å². The quantitative estimate of drug-likeness (QED) is 0.510. The lowest BCUT2D eigenvalue weighted by atomic mass is 10.1. The average molecular weight is 458 g/mol. The maximum absolute atomic E-state index is 12.9. The smallest absolute Gasteiger partial charge is 0.246 e. The molecule has 2 aliphatic heterocycles. The van der Waals surface area contributed by atoms with Crippen LogP contribution in [0.4, 0.5) is 0 Å². The third kappa shape index (κ3) is 5.61. The summed E-state index contributed by atoms with van der Waals surface area (Å²) in [4.78, 5) is 21.5. The lowest BCUT2D eigenvalue weighted by molar-refractivity contribution is -0.127. The van der Waals surface area contributed by atoms with Crippen molar-refractivity contribution in [1.29, 1.82) is 0 Å². The molecule has 1 unspecified atom stereocenters. The Morgan fingerprint density at radius 3 is 2.68 bits per heavy atom. The van der Waals surface area contributed by atoms with E-state index in [0.717, 1.165) is 69.0 Å². The van der Waals surface area contributed by atoms with Gasteiger partial charge in [0.15, 0.2) is 0 Å². The highest BCUT2D eigenvalue weighted by Gasteiger charge is 2.24. The van der Waals surface area contributed by atoms with Crippen LogP contribution >= 0.6 is 0 Å². The number of piperazine rings is 1. The lowest BCUT2D eigenvalue weighted by Gasteiger charge is -2.35. The van der Waals surface area contributed by atoms with Gasteiger partial charge in [-0.05, 0) is 36.6 Å². The first-order chi connectivity index (χ1) is 16.7. The van der Waals surface area contributed by atoms with E-state index in [1.165, 1.54) is 5.56 Å². The van der Waals surface area contributed by atoms with Gasteiger partial charge >= 0.3 is 0 Å². The summed E-state index contributed by atoms with van der Waals surface area (Å²) in [5.74, 6) is 0.0460. The molecule has 176 valence electrons. The summed E-state index contributed by atoms with van der Waals surface area (Å²) in [6, 6.07) is 14.1. The molecule has 1 aromatic carbocycles. The molecule has 3 aromatic rings. The minimum atomic E-state index is 0.0460. The highest BCUT2D eigenvalue weighted by atomic mass is 16.5. The molecule has 1 amide bonds. The Morgan fingerprint density at radius 1 is 1.09 bits per heavy atom. The van der Waals surface area contributed by atoms with Crippen molar-refractivity contribution < 1.29 is 9.53 Å². The van der Waals surface area contributed by atoms with Crippen molar-refractivity contribution in [2.24, 2.45) is 0 Å². The molecule has 0 aliphatic carbocycles. The summed E-state index contributed by atoms with van der Waals surface area (Å²) in [7, 11) is 0. The van der Waals surface area contributed by atoms with Crippen LogP contribution in [-0.4, -0.2) is 75.9 Å². The molecule has 2 saturated heterocycles. The monoisotopic (exact) mass is 457 g/mol. The number of nitrogens with zero attached hydrogens (tertiary/aromatic N) is 5. The van der Waals surface area contributed by atoms with E-state index in [1.54, 1.807) is 12.3 Å². The molecular weight excluding hydrogens is 426 g/mol. The maximum atomic E-state index is 12.9. The summed E-state index contributed by atoms with van der Waals surface area (Å²) in [5.41, 5.74) is 3.85. The molecule has 0 saturated carbocycles. The molecule has 7 nitrogen and oxygen atoms in total. The number of carbonyl (C=O) groups is 1. The maximum Gasteiger partial charge on any atom is 0.246 e. The minimum absolute atomic E-state index is 0.0460. The van der Waals surface area contributed by atoms with Gasteiger partial charge in [0.1, 0.15) is 5.69 Å². The van der Waals surface area contributed by atoms with Crippen LogP contribution in [0, 0.1) is 0 Å². The Hall–Kier alpha value is -3.29. The molecule has 4 heterocycles. The third-order valence-corrected chi connectivity index (χ3v) is 6.49. The van der Waals surface area contributed by atoms with Crippen LogP contribution in [0.25, 0.3) is 17.3 Å². The Kier molecular flexibility index (Phi) is 7.12. The molecule has 5 rings (SSSR count). The van der Waals surface area contributed by atoms with E-state index in [-0.39, 0.29) is 5.91 Å². The van der Waals surface area contributed by atoms with Crippen molar-refractivity contribution >= 4 is 12.0 Å². The largest absolute Gasteiger partial charge is 0.377 e. The van der Waals surface area contributed by atoms with Crippen molar-refractivity contribution in [1.82, 2.24) is 24.6 Å². The van der Waals surface area contributed by atoms with Gasteiger partial charge in [0.2, 0.25) is 5.91 Å². The van der Waals surface area contributed by atoms with Crippen LogP contribution in [0.1, 0.15) is 24.0 Å². The molecule has 0 bridgehead atoms. The molecule has 0 radical (unpaired) electrons. The number of benzene rings is 1. The van der Waals surface area contributed by atoms with E-state index in [9.17, 15) is 4.79 Å².